The molecule has 4 rings (SSSR count). The quantitative estimate of drug-likeness (QED) is 0.776. The van der Waals surface area contributed by atoms with Crippen LogP contribution >= 0.6 is 0 Å². The first kappa shape index (κ1) is 19.7. The summed E-state index contributed by atoms with van der Waals surface area (Å²) in [6.07, 6.45) is 4.09. The van der Waals surface area contributed by atoms with Gasteiger partial charge in [-0.1, -0.05) is 0 Å². The zero-order valence-corrected chi connectivity index (χ0v) is 17.0. The van der Waals surface area contributed by atoms with Crippen LogP contribution in [0.3, 0.4) is 0 Å². The maximum absolute atomic E-state index is 13.1. The van der Waals surface area contributed by atoms with Gasteiger partial charge < -0.3 is 19.1 Å². The first-order valence-corrected chi connectivity index (χ1v) is 10.2. The molecule has 2 aliphatic heterocycles. The van der Waals surface area contributed by atoms with Crippen molar-refractivity contribution in [3.8, 4) is 11.5 Å². The lowest BCUT2D eigenvalue weighted by Gasteiger charge is -2.26. The zero-order valence-electron chi connectivity index (χ0n) is 17.0. The van der Waals surface area contributed by atoms with Gasteiger partial charge in [-0.15, -0.1) is 0 Å². The Morgan fingerprint density at radius 3 is 2.69 bits per heavy atom. The largest absolute Gasteiger partial charge is 0.493 e. The standard InChI is InChI=1S/C21H27N3O5/c1-27-17-12-15-16(13-18(17)28-2)22-19-6-7-23(8-9-24(19)21(15)26)20(25)11-14-5-3-4-10-29-14/h12-14H,3-11H2,1-2H3/t14-/m0/s1. The predicted octanol–water partition coefficient (Wildman–Crippen LogP) is 1.76. The van der Waals surface area contributed by atoms with Crippen molar-refractivity contribution in [2.24, 2.45) is 0 Å². The fourth-order valence-electron chi connectivity index (χ4n) is 4.12. The second kappa shape index (κ2) is 8.41. The summed E-state index contributed by atoms with van der Waals surface area (Å²) >= 11 is 0. The average molecular weight is 401 g/mol. The number of aromatic nitrogens is 2. The van der Waals surface area contributed by atoms with Crippen LogP contribution in [0.1, 0.15) is 31.5 Å². The third-order valence-corrected chi connectivity index (χ3v) is 5.77. The molecule has 1 amide bonds. The Hall–Kier alpha value is -2.61. The zero-order chi connectivity index (χ0) is 20.4. The minimum absolute atomic E-state index is 0.0187. The van der Waals surface area contributed by atoms with Crippen LogP contribution in [0.5, 0.6) is 11.5 Å². The maximum Gasteiger partial charge on any atom is 0.261 e. The lowest BCUT2D eigenvalue weighted by atomic mass is 10.1. The van der Waals surface area contributed by atoms with Crippen molar-refractivity contribution in [3.63, 3.8) is 0 Å². The number of carbonyl (C=O) groups excluding carboxylic acids is 1. The lowest BCUT2D eigenvalue weighted by Crippen LogP contribution is -2.37. The van der Waals surface area contributed by atoms with E-state index in [4.69, 9.17) is 19.2 Å². The van der Waals surface area contributed by atoms with Crippen LogP contribution in [0.25, 0.3) is 10.9 Å². The highest BCUT2D eigenvalue weighted by molar-refractivity contribution is 5.82. The summed E-state index contributed by atoms with van der Waals surface area (Å²) in [5.74, 6) is 1.82. The van der Waals surface area contributed by atoms with E-state index in [1.165, 1.54) is 7.11 Å². The minimum Gasteiger partial charge on any atom is -0.493 e. The Balaban J connectivity index is 1.57. The molecule has 3 heterocycles. The lowest BCUT2D eigenvalue weighted by molar-refractivity contribution is -0.135. The van der Waals surface area contributed by atoms with Crippen LogP contribution in [0.2, 0.25) is 0 Å². The van der Waals surface area contributed by atoms with Crippen LogP contribution < -0.4 is 15.0 Å². The summed E-state index contributed by atoms with van der Waals surface area (Å²) in [7, 11) is 3.09. The molecule has 8 nitrogen and oxygen atoms in total. The molecule has 0 N–H and O–H groups in total. The molecule has 156 valence electrons. The van der Waals surface area contributed by atoms with Gasteiger partial charge in [-0.05, 0) is 25.3 Å². The van der Waals surface area contributed by atoms with Crippen LogP contribution in [-0.2, 0) is 22.5 Å². The highest BCUT2D eigenvalue weighted by atomic mass is 16.5. The maximum atomic E-state index is 13.1. The molecule has 29 heavy (non-hydrogen) atoms. The molecule has 0 saturated carbocycles. The summed E-state index contributed by atoms with van der Waals surface area (Å²) < 4.78 is 18.0. The first-order valence-electron chi connectivity index (χ1n) is 10.2. The van der Waals surface area contributed by atoms with E-state index in [-0.39, 0.29) is 17.6 Å². The summed E-state index contributed by atoms with van der Waals surface area (Å²) in [6.45, 7) is 2.22. The molecule has 0 unspecified atom stereocenters. The van der Waals surface area contributed by atoms with Crippen molar-refractivity contribution in [2.45, 2.75) is 44.8 Å². The van der Waals surface area contributed by atoms with Crippen molar-refractivity contribution >= 4 is 16.8 Å². The van der Waals surface area contributed by atoms with E-state index in [0.717, 1.165) is 25.9 Å². The van der Waals surface area contributed by atoms with Gasteiger partial charge in [-0.2, -0.15) is 0 Å². The molecule has 1 atom stereocenters. The second-order valence-electron chi connectivity index (χ2n) is 7.53. The number of carbonyl (C=O) groups is 1. The second-order valence-corrected chi connectivity index (χ2v) is 7.53. The molecule has 8 heteroatoms. The van der Waals surface area contributed by atoms with E-state index in [1.54, 1.807) is 23.8 Å². The van der Waals surface area contributed by atoms with Crippen molar-refractivity contribution < 1.29 is 19.0 Å². The molecule has 2 aliphatic rings. The highest BCUT2D eigenvalue weighted by Gasteiger charge is 2.25. The van der Waals surface area contributed by atoms with E-state index < -0.39 is 0 Å². The molecule has 1 aromatic carbocycles. The topological polar surface area (TPSA) is 82.9 Å². The van der Waals surface area contributed by atoms with Crippen molar-refractivity contribution in [1.29, 1.82) is 0 Å². The molecule has 2 aromatic rings. The van der Waals surface area contributed by atoms with Crippen LogP contribution in [0.4, 0.5) is 0 Å². The van der Waals surface area contributed by atoms with E-state index >= 15 is 0 Å². The number of hydrogen-bond donors (Lipinski definition) is 0. The number of benzene rings is 1. The third kappa shape index (κ3) is 3.94. The summed E-state index contributed by atoms with van der Waals surface area (Å²) in [5.41, 5.74) is 0.463. The van der Waals surface area contributed by atoms with Crippen molar-refractivity contribution in [2.75, 3.05) is 33.9 Å². The molecule has 0 aliphatic carbocycles. The smallest absolute Gasteiger partial charge is 0.261 e. The Bertz CT molecular complexity index is 965. The number of hydrogen-bond acceptors (Lipinski definition) is 6. The number of amides is 1. The van der Waals surface area contributed by atoms with E-state index in [2.05, 4.69) is 0 Å². The third-order valence-electron chi connectivity index (χ3n) is 5.77. The molecule has 0 bridgehead atoms. The Morgan fingerprint density at radius 2 is 1.97 bits per heavy atom. The highest BCUT2D eigenvalue weighted by Crippen LogP contribution is 2.30. The summed E-state index contributed by atoms with van der Waals surface area (Å²) in [4.78, 5) is 32.4. The summed E-state index contributed by atoms with van der Waals surface area (Å²) in [6, 6.07) is 3.40. The average Bonchev–Trinajstić information content (AvgIpc) is 2.96. The number of methoxy groups -OCH3 is 2. The number of ether oxygens (including phenoxy) is 3. The van der Waals surface area contributed by atoms with Crippen molar-refractivity contribution in [3.05, 3.63) is 28.3 Å². The SMILES string of the molecule is COc1cc2nc3n(c(=O)c2cc1OC)CCN(C(=O)C[C@@H]1CCCCO1)CC3. The molecular formula is C21H27N3O5. The van der Waals surface area contributed by atoms with E-state index in [0.29, 0.717) is 60.7 Å². The fraction of sp³-hybridized carbons (Fsp3) is 0.571. The molecule has 0 spiro atoms. The van der Waals surface area contributed by atoms with Crippen LogP contribution in [0.15, 0.2) is 16.9 Å². The fourth-order valence-corrected chi connectivity index (χ4v) is 4.12. The molecule has 1 fully saturated rings. The van der Waals surface area contributed by atoms with Gasteiger partial charge in [0.1, 0.15) is 5.82 Å². The summed E-state index contributed by atoms with van der Waals surface area (Å²) in [5, 5.41) is 0.488. The van der Waals surface area contributed by atoms with E-state index in [1.807, 2.05) is 4.90 Å². The Labute approximate surface area is 169 Å². The van der Waals surface area contributed by atoms with Gasteiger partial charge >= 0.3 is 0 Å². The Kier molecular flexibility index (Phi) is 5.71. The normalized spacial score (nSPS) is 19.5. The molecule has 1 saturated heterocycles. The number of rotatable bonds is 4. The van der Waals surface area contributed by atoms with Crippen molar-refractivity contribution in [1.82, 2.24) is 14.5 Å². The Morgan fingerprint density at radius 1 is 1.17 bits per heavy atom. The number of fused-ring (bicyclic) bond motifs is 2. The van der Waals surface area contributed by atoms with Gasteiger partial charge in [0.25, 0.3) is 5.56 Å². The predicted molar refractivity (Wildman–Crippen MR) is 108 cm³/mol. The van der Waals surface area contributed by atoms with Gasteiger partial charge in [0.2, 0.25) is 5.91 Å². The first-order chi connectivity index (χ1) is 14.1. The monoisotopic (exact) mass is 401 g/mol. The van der Waals surface area contributed by atoms with Gasteiger partial charge in [0.15, 0.2) is 11.5 Å². The minimum atomic E-state index is -0.115. The molecule has 0 radical (unpaired) electrons. The molecule has 1 aromatic heterocycles. The van der Waals surface area contributed by atoms with Crippen LogP contribution in [-0.4, -0.2) is 60.4 Å². The molecular weight excluding hydrogens is 374 g/mol. The van der Waals surface area contributed by atoms with Crippen LogP contribution in [0, 0.1) is 0 Å². The van der Waals surface area contributed by atoms with Gasteiger partial charge in [-0.25, -0.2) is 4.98 Å². The van der Waals surface area contributed by atoms with Gasteiger partial charge in [0, 0.05) is 38.7 Å². The number of nitrogens with zero attached hydrogens (tertiary/aromatic N) is 3. The van der Waals surface area contributed by atoms with Gasteiger partial charge in [0.05, 0.1) is 37.6 Å². The van der Waals surface area contributed by atoms with E-state index in [9.17, 15) is 9.59 Å². The van der Waals surface area contributed by atoms with Gasteiger partial charge in [-0.3, -0.25) is 14.2 Å².